The number of phosphoric ester groups is 2. The summed E-state index contributed by atoms with van der Waals surface area (Å²) in [4.78, 5) is 72.6. The molecule has 0 fully saturated rings. The maximum Gasteiger partial charge on any atom is 0.472 e. The van der Waals surface area contributed by atoms with Crippen molar-refractivity contribution in [1.82, 2.24) is 0 Å². The first-order valence-corrected chi connectivity index (χ1v) is 40.2. The highest BCUT2D eigenvalue weighted by atomic mass is 31.2. The average molecular weight is 1350 g/mol. The molecule has 0 spiro atoms. The molecular formula is C73H138O17P2. The highest BCUT2D eigenvalue weighted by Gasteiger charge is 2.30. The van der Waals surface area contributed by atoms with Gasteiger partial charge in [0.25, 0.3) is 0 Å². The number of hydrogen-bond acceptors (Lipinski definition) is 15. The number of carbonyl (C=O) groups is 4. The first-order chi connectivity index (χ1) is 44.3. The van der Waals surface area contributed by atoms with Crippen LogP contribution in [0.2, 0.25) is 0 Å². The molecular weight excluding hydrogens is 1210 g/mol. The van der Waals surface area contributed by atoms with E-state index in [0.29, 0.717) is 31.6 Å². The first-order valence-electron chi connectivity index (χ1n) is 37.2. The Hall–Kier alpha value is -2.46. The molecule has 0 aliphatic rings. The van der Waals surface area contributed by atoms with Crippen LogP contribution in [0.1, 0.15) is 344 Å². The van der Waals surface area contributed by atoms with Crippen molar-refractivity contribution >= 4 is 39.5 Å². The Morgan fingerprint density at radius 2 is 0.641 bits per heavy atom. The van der Waals surface area contributed by atoms with Crippen LogP contribution in [0.25, 0.3) is 0 Å². The topological polar surface area (TPSA) is 237 Å². The molecule has 0 rings (SSSR count). The molecule has 3 N–H and O–H groups in total. The molecule has 19 heteroatoms. The van der Waals surface area contributed by atoms with Crippen molar-refractivity contribution in [3.05, 3.63) is 24.3 Å². The molecule has 0 saturated carbocycles. The Labute approximate surface area is 561 Å². The largest absolute Gasteiger partial charge is 0.472 e. The zero-order valence-corrected chi connectivity index (χ0v) is 61.3. The SMILES string of the molecule is CCCCCC/C=C\C=C/CCCCCCCC(=O)OC[C@H](COP(=O)(O)OC[C@@H](O)COP(=O)(O)OC[C@@H](COC(=O)CCCCCCCCC(C)CC)OC(=O)CCCCCCCCCCCCCCCCC(C)CC)OC(=O)CCCCCCCCC(C)C. The van der Waals surface area contributed by atoms with Crippen LogP contribution in [0, 0.1) is 17.8 Å². The molecule has 0 aliphatic carbocycles. The Balaban J connectivity index is 5.23. The third kappa shape index (κ3) is 63.6. The van der Waals surface area contributed by atoms with Crippen molar-refractivity contribution in [2.45, 2.75) is 362 Å². The van der Waals surface area contributed by atoms with Crippen LogP contribution in [-0.4, -0.2) is 96.7 Å². The van der Waals surface area contributed by atoms with Crippen LogP contribution < -0.4 is 0 Å². The Kier molecular flexibility index (Phi) is 61.6. The van der Waals surface area contributed by atoms with E-state index in [0.717, 1.165) is 127 Å². The second-order valence-electron chi connectivity index (χ2n) is 26.6. The number of unbranched alkanes of at least 4 members (excludes halogenated alkanes) is 32. The van der Waals surface area contributed by atoms with Gasteiger partial charge in [-0.15, -0.1) is 0 Å². The first kappa shape index (κ1) is 89.5. The molecule has 0 heterocycles. The van der Waals surface area contributed by atoms with E-state index in [2.05, 4.69) is 72.8 Å². The number of ether oxygens (including phenoxy) is 4. The molecule has 92 heavy (non-hydrogen) atoms. The van der Waals surface area contributed by atoms with E-state index in [4.69, 9.17) is 37.0 Å². The average Bonchev–Trinajstić information content (AvgIpc) is 3.17. The van der Waals surface area contributed by atoms with Gasteiger partial charge in [0.1, 0.15) is 19.3 Å². The van der Waals surface area contributed by atoms with E-state index >= 15 is 0 Å². The van der Waals surface area contributed by atoms with Crippen LogP contribution in [-0.2, 0) is 65.4 Å². The van der Waals surface area contributed by atoms with E-state index < -0.39 is 97.5 Å². The van der Waals surface area contributed by atoms with Crippen LogP contribution in [0.4, 0.5) is 0 Å². The summed E-state index contributed by atoms with van der Waals surface area (Å²) in [5, 5.41) is 10.6. The van der Waals surface area contributed by atoms with Gasteiger partial charge < -0.3 is 33.8 Å². The predicted octanol–water partition coefficient (Wildman–Crippen LogP) is 20.6. The highest BCUT2D eigenvalue weighted by molar-refractivity contribution is 7.47. The number of aliphatic hydroxyl groups excluding tert-OH is 1. The number of allylic oxidation sites excluding steroid dienone is 4. The van der Waals surface area contributed by atoms with Crippen molar-refractivity contribution in [3.8, 4) is 0 Å². The zero-order chi connectivity index (χ0) is 68.0. The molecule has 0 bridgehead atoms. The van der Waals surface area contributed by atoms with E-state index in [1.807, 2.05) is 0 Å². The summed E-state index contributed by atoms with van der Waals surface area (Å²) in [5.41, 5.74) is 0. The molecule has 0 amide bonds. The summed E-state index contributed by atoms with van der Waals surface area (Å²) in [5.74, 6) is 0.0806. The van der Waals surface area contributed by atoms with Gasteiger partial charge in [-0.25, -0.2) is 9.13 Å². The summed E-state index contributed by atoms with van der Waals surface area (Å²) in [6, 6.07) is 0. The molecule has 0 radical (unpaired) electrons. The van der Waals surface area contributed by atoms with E-state index in [1.54, 1.807) is 0 Å². The molecule has 0 saturated heterocycles. The van der Waals surface area contributed by atoms with Crippen molar-refractivity contribution < 1.29 is 80.2 Å². The van der Waals surface area contributed by atoms with Crippen molar-refractivity contribution in [2.24, 2.45) is 17.8 Å². The van der Waals surface area contributed by atoms with Crippen molar-refractivity contribution in [1.29, 1.82) is 0 Å². The van der Waals surface area contributed by atoms with Gasteiger partial charge in [0.2, 0.25) is 0 Å². The third-order valence-corrected chi connectivity index (χ3v) is 18.9. The van der Waals surface area contributed by atoms with Gasteiger partial charge >= 0.3 is 39.5 Å². The van der Waals surface area contributed by atoms with Crippen molar-refractivity contribution in [2.75, 3.05) is 39.6 Å². The lowest BCUT2D eigenvalue weighted by Gasteiger charge is -2.21. The Morgan fingerprint density at radius 3 is 0.967 bits per heavy atom. The van der Waals surface area contributed by atoms with Gasteiger partial charge in [-0.2, -0.15) is 0 Å². The molecule has 4 unspecified atom stereocenters. The van der Waals surface area contributed by atoms with Crippen LogP contribution in [0.15, 0.2) is 24.3 Å². The number of esters is 4. The van der Waals surface area contributed by atoms with E-state index in [1.165, 1.54) is 128 Å². The smallest absolute Gasteiger partial charge is 0.462 e. The van der Waals surface area contributed by atoms with Gasteiger partial charge in [-0.3, -0.25) is 37.3 Å². The summed E-state index contributed by atoms with van der Waals surface area (Å²) >= 11 is 0. The quantitative estimate of drug-likeness (QED) is 0.0169. The second kappa shape index (κ2) is 63.3. The normalized spacial score (nSPS) is 14.9. The number of phosphoric acid groups is 2. The fourth-order valence-electron chi connectivity index (χ4n) is 10.5. The Morgan fingerprint density at radius 1 is 0.359 bits per heavy atom. The van der Waals surface area contributed by atoms with Gasteiger partial charge in [-0.1, -0.05) is 291 Å². The minimum Gasteiger partial charge on any atom is -0.462 e. The lowest BCUT2D eigenvalue weighted by molar-refractivity contribution is -0.161. The highest BCUT2D eigenvalue weighted by Crippen LogP contribution is 2.45. The molecule has 0 aromatic carbocycles. The van der Waals surface area contributed by atoms with Crippen molar-refractivity contribution in [3.63, 3.8) is 0 Å². The van der Waals surface area contributed by atoms with Gasteiger partial charge in [0.05, 0.1) is 26.4 Å². The lowest BCUT2D eigenvalue weighted by Crippen LogP contribution is -2.30. The maximum atomic E-state index is 13.0. The molecule has 17 nitrogen and oxygen atoms in total. The third-order valence-electron chi connectivity index (χ3n) is 17.0. The number of hydrogen-bond donors (Lipinski definition) is 3. The molecule has 0 aromatic heterocycles. The van der Waals surface area contributed by atoms with Gasteiger partial charge in [-0.05, 0) is 69.1 Å². The zero-order valence-electron chi connectivity index (χ0n) is 59.5. The van der Waals surface area contributed by atoms with Crippen LogP contribution >= 0.6 is 15.6 Å². The summed E-state index contributed by atoms with van der Waals surface area (Å²) in [7, 11) is -9.92. The summed E-state index contributed by atoms with van der Waals surface area (Å²) in [6.07, 6.45) is 51.0. The molecule has 0 aromatic rings. The number of aliphatic hydroxyl groups is 1. The van der Waals surface area contributed by atoms with Crippen LogP contribution in [0.5, 0.6) is 0 Å². The number of carbonyl (C=O) groups excluding carboxylic acids is 4. The second-order valence-corrected chi connectivity index (χ2v) is 29.5. The van der Waals surface area contributed by atoms with E-state index in [-0.39, 0.29) is 25.7 Å². The van der Waals surface area contributed by atoms with Gasteiger partial charge in [0.15, 0.2) is 12.2 Å². The molecule has 0 aliphatic heterocycles. The minimum absolute atomic E-state index is 0.0949. The molecule has 542 valence electrons. The summed E-state index contributed by atoms with van der Waals surface area (Å²) in [6.45, 7) is 11.7. The molecule has 7 atom stereocenters. The lowest BCUT2D eigenvalue weighted by atomic mass is 9.99. The van der Waals surface area contributed by atoms with E-state index in [9.17, 15) is 43.2 Å². The fourth-order valence-corrected chi connectivity index (χ4v) is 12.0. The standard InChI is InChI=1S/C73H138O17P2/c1-8-11-12-13-14-15-16-17-18-22-25-28-31-40-47-54-70(75)83-60-69(90-73(78)57-50-43-35-33-37-44-51-64(4)5)63-88-92(81,82)86-59-67(74)58-85-91(79,80)87-62-68(61-84-71(76)55-48-41-36-34-39-46-53-66(7)10-3)89-72(77)56-49-42-32-29-26-23-20-19-21-24-27-30-38-45-52-65(6)9-2/h15-18,64-69,74H,8-14,19-63H2,1-7H3,(H,79,80)(H,81,82)/b16-15-,18-17-/t65?,66?,67-,68+,69+/m0/s1. The minimum atomic E-state index is -4.96. The summed E-state index contributed by atoms with van der Waals surface area (Å²) < 4.78 is 68.3. The predicted molar refractivity (Wildman–Crippen MR) is 372 cm³/mol. The fraction of sp³-hybridized carbons (Fsp3) is 0.890. The maximum absolute atomic E-state index is 13.0. The monoisotopic (exact) mass is 1350 g/mol. The Bertz CT molecular complexity index is 1900. The van der Waals surface area contributed by atoms with Crippen LogP contribution in [0.3, 0.4) is 0 Å². The van der Waals surface area contributed by atoms with Gasteiger partial charge in [0, 0.05) is 25.7 Å². The number of rotatable bonds is 69.